The first-order valence-corrected chi connectivity index (χ1v) is 5.91. The van der Waals surface area contributed by atoms with Crippen LogP contribution in [0.2, 0.25) is 0 Å². The minimum absolute atomic E-state index is 0.835. The maximum atomic E-state index is 3.57. The average Bonchev–Trinajstić information content (AvgIpc) is 2.23. The number of allylic oxidation sites excluding steroid dienone is 2. The monoisotopic (exact) mass is 313 g/mol. The van der Waals surface area contributed by atoms with Gasteiger partial charge in [0.1, 0.15) is 0 Å². The Balaban J connectivity index is 2.44. The highest BCUT2D eigenvalue weighted by atomic mass is 79.9. The zero-order valence-corrected chi connectivity index (χ0v) is 10.6. The summed E-state index contributed by atoms with van der Waals surface area (Å²) < 4.78 is 2.21. The van der Waals surface area contributed by atoms with Gasteiger partial charge in [-0.1, -0.05) is 46.3 Å². The highest BCUT2D eigenvalue weighted by Gasteiger charge is 2.10. The molecule has 1 aliphatic rings. The van der Waals surface area contributed by atoms with E-state index in [-0.39, 0.29) is 0 Å². The smallest absolute Gasteiger partial charge is 0.0789 e. The lowest BCUT2D eigenvalue weighted by Crippen LogP contribution is -2.15. The summed E-state index contributed by atoms with van der Waals surface area (Å²) in [6.45, 7) is 0.835. The van der Waals surface area contributed by atoms with E-state index in [0.717, 1.165) is 11.2 Å². The van der Waals surface area contributed by atoms with Gasteiger partial charge >= 0.3 is 0 Å². The van der Waals surface area contributed by atoms with Crippen molar-refractivity contribution in [3.63, 3.8) is 0 Å². The number of nitrogens with one attached hydrogen (secondary N) is 1. The Morgan fingerprint density at radius 1 is 1.07 bits per heavy atom. The fourth-order valence-electron chi connectivity index (χ4n) is 1.37. The van der Waals surface area contributed by atoms with Crippen molar-refractivity contribution in [2.75, 3.05) is 6.54 Å². The molecule has 0 atom stereocenters. The molecule has 0 aliphatic carbocycles. The van der Waals surface area contributed by atoms with Gasteiger partial charge < -0.3 is 5.32 Å². The number of hydrogen-bond donors (Lipinski definition) is 1. The summed E-state index contributed by atoms with van der Waals surface area (Å²) in [6, 6.07) is 10.3. The topological polar surface area (TPSA) is 12.0 Å². The Bertz CT molecular complexity index is 393. The fraction of sp³-hybridized carbons (Fsp3) is 0.0909. The van der Waals surface area contributed by atoms with Crippen LogP contribution in [0.15, 0.2) is 45.5 Å². The van der Waals surface area contributed by atoms with Gasteiger partial charge in [0.05, 0.1) is 4.61 Å². The highest BCUT2D eigenvalue weighted by molar-refractivity contribution is 9.12. The summed E-state index contributed by atoms with van der Waals surface area (Å²) in [6.07, 6.45) is 2.09. The van der Waals surface area contributed by atoms with Crippen LogP contribution >= 0.6 is 31.9 Å². The summed E-state index contributed by atoms with van der Waals surface area (Å²) in [7, 11) is 0. The third-order valence-corrected chi connectivity index (χ3v) is 3.28. The van der Waals surface area contributed by atoms with Crippen LogP contribution in [-0.2, 0) is 0 Å². The summed E-state index contributed by atoms with van der Waals surface area (Å²) in [5.41, 5.74) is 2.47. The molecule has 72 valence electrons. The molecule has 0 unspecified atom stereocenters. The Labute approximate surface area is 100 Å². The number of halogens is 2. The molecular formula is C11H9Br2N. The van der Waals surface area contributed by atoms with Gasteiger partial charge in [0.25, 0.3) is 0 Å². The van der Waals surface area contributed by atoms with Crippen molar-refractivity contribution < 1.29 is 0 Å². The predicted octanol–water partition coefficient (Wildman–Crippen LogP) is 3.63. The van der Waals surface area contributed by atoms with Crippen molar-refractivity contribution in [2.24, 2.45) is 0 Å². The number of dihydropyridines is 1. The van der Waals surface area contributed by atoms with Crippen LogP contribution in [0.5, 0.6) is 0 Å². The van der Waals surface area contributed by atoms with E-state index in [1.165, 1.54) is 15.6 Å². The Morgan fingerprint density at radius 3 is 2.50 bits per heavy atom. The predicted molar refractivity (Wildman–Crippen MR) is 67.3 cm³/mol. The quantitative estimate of drug-likeness (QED) is 0.781. The van der Waals surface area contributed by atoms with Gasteiger partial charge in [0, 0.05) is 11.0 Å². The molecule has 3 heteroatoms. The van der Waals surface area contributed by atoms with Crippen molar-refractivity contribution >= 4 is 37.4 Å². The van der Waals surface area contributed by atoms with E-state index in [1.54, 1.807) is 0 Å². The molecule has 2 rings (SSSR count). The molecule has 1 N–H and O–H groups in total. The van der Waals surface area contributed by atoms with Gasteiger partial charge in [-0.05, 0) is 33.1 Å². The van der Waals surface area contributed by atoms with Crippen LogP contribution < -0.4 is 5.32 Å². The summed E-state index contributed by atoms with van der Waals surface area (Å²) in [4.78, 5) is 0. The fourth-order valence-corrected chi connectivity index (χ4v) is 2.22. The highest BCUT2D eigenvalue weighted by Crippen LogP contribution is 2.28. The molecule has 1 aromatic carbocycles. The van der Waals surface area contributed by atoms with Gasteiger partial charge in [-0.3, -0.25) is 0 Å². The Kier molecular flexibility index (Phi) is 3.08. The van der Waals surface area contributed by atoms with Crippen molar-refractivity contribution in [3.05, 3.63) is 51.1 Å². The molecule has 0 aromatic heterocycles. The van der Waals surface area contributed by atoms with Crippen LogP contribution in [0.25, 0.3) is 5.57 Å². The molecule has 1 aliphatic heterocycles. The van der Waals surface area contributed by atoms with E-state index < -0.39 is 0 Å². The van der Waals surface area contributed by atoms with E-state index in [4.69, 9.17) is 0 Å². The largest absolute Gasteiger partial charge is 0.375 e. The third-order valence-electron chi connectivity index (χ3n) is 2.06. The molecule has 1 heterocycles. The number of rotatable bonds is 1. The van der Waals surface area contributed by atoms with Gasteiger partial charge in [0.15, 0.2) is 0 Å². The van der Waals surface area contributed by atoms with Crippen LogP contribution in [0.4, 0.5) is 0 Å². The van der Waals surface area contributed by atoms with Gasteiger partial charge in [-0.25, -0.2) is 0 Å². The van der Waals surface area contributed by atoms with E-state index in [0.29, 0.717) is 0 Å². The first-order chi connectivity index (χ1) is 6.77. The first kappa shape index (κ1) is 9.99. The molecule has 1 nitrogen and oxygen atoms in total. The van der Waals surface area contributed by atoms with Crippen LogP contribution in [0.3, 0.4) is 0 Å². The van der Waals surface area contributed by atoms with Crippen molar-refractivity contribution in [1.82, 2.24) is 5.32 Å². The summed E-state index contributed by atoms with van der Waals surface area (Å²) in [5.74, 6) is 0. The number of hydrogen-bond acceptors (Lipinski definition) is 1. The van der Waals surface area contributed by atoms with Crippen molar-refractivity contribution in [1.29, 1.82) is 0 Å². The molecule has 0 bridgehead atoms. The van der Waals surface area contributed by atoms with Gasteiger partial charge in [-0.2, -0.15) is 0 Å². The summed E-state index contributed by atoms with van der Waals surface area (Å²) in [5, 5.41) is 3.20. The van der Waals surface area contributed by atoms with Crippen molar-refractivity contribution in [2.45, 2.75) is 0 Å². The molecule has 0 amide bonds. The Hall–Kier alpha value is -0.540. The molecule has 1 aromatic rings. The lowest BCUT2D eigenvalue weighted by molar-refractivity contribution is 0.955. The van der Waals surface area contributed by atoms with E-state index in [1.807, 2.05) is 18.2 Å². The molecule has 0 spiro atoms. The van der Waals surface area contributed by atoms with Gasteiger partial charge in [-0.15, -0.1) is 0 Å². The lowest BCUT2D eigenvalue weighted by atomic mass is 10.0. The third kappa shape index (κ3) is 2.10. The minimum Gasteiger partial charge on any atom is -0.375 e. The second-order valence-electron chi connectivity index (χ2n) is 3.03. The normalized spacial score (nSPS) is 16.3. The van der Waals surface area contributed by atoms with E-state index >= 15 is 0 Å². The van der Waals surface area contributed by atoms with Gasteiger partial charge in [0.2, 0.25) is 0 Å². The molecular weight excluding hydrogens is 306 g/mol. The lowest BCUT2D eigenvalue weighted by Gasteiger charge is -2.15. The summed E-state index contributed by atoms with van der Waals surface area (Å²) >= 11 is 7.02. The molecule has 0 saturated carbocycles. The minimum atomic E-state index is 0.835. The first-order valence-electron chi connectivity index (χ1n) is 4.32. The SMILES string of the molecule is BrC1=CC(c2ccccc2)=C(Br)CN1. The molecule has 0 radical (unpaired) electrons. The molecule has 14 heavy (non-hydrogen) atoms. The second-order valence-corrected chi connectivity index (χ2v) is 4.84. The zero-order chi connectivity index (χ0) is 9.97. The number of benzene rings is 1. The van der Waals surface area contributed by atoms with Crippen molar-refractivity contribution in [3.8, 4) is 0 Å². The average molecular weight is 315 g/mol. The van der Waals surface area contributed by atoms with Crippen LogP contribution in [0, 0.1) is 0 Å². The Morgan fingerprint density at radius 2 is 1.79 bits per heavy atom. The molecule has 0 fully saturated rings. The maximum Gasteiger partial charge on any atom is 0.0789 e. The molecule has 0 saturated heterocycles. The van der Waals surface area contributed by atoms with E-state index in [2.05, 4.69) is 55.4 Å². The van der Waals surface area contributed by atoms with E-state index in [9.17, 15) is 0 Å². The standard InChI is InChI=1S/C11H9Br2N/c12-10-7-14-11(13)6-9(10)8-4-2-1-3-5-8/h1-6,14H,7H2. The maximum absolute atomic E-state index is 3.57. The van der Waals surface area contributed by atoms with Crippen LogP contribution in [0.1, 0.15) is 5.56 Å². The zero-order valence-electron chi connectivity index (χ0n) is 7.43. The van der Waals surface area contributed by atoms with Crippen LogP contribution in [-0.4, -0.2) is 6.54 Å². The second kappa shape index (κ2) is 4.32.